The molecule has 1 N–H and O–H groups in total. The van der Waals surface area contributed by atoms with E-state index in [0.29, 0.717) is 0 Å². The van der Waals surface area contributed by atoms with Crippen LogP contribution in [0, 0.1) is 0 Å². The van der Waals surface area contributed by atoms with Crippen molar-refractivity contribution in [2.75, 3.05) is 7.05 Å². The first-order valence-corrected chi connectivity index (χ1v) is 9.09. The zero-order valence-electron chi connectivity index (χ0n) is 13.8. The van der Waals surface area contributed by atoms with Crippen molar-refractivity contribution in [3.63, 3.8) is 0 Å². The zero-order valence-corrected chi connectivity index (χ0v) is 14.6. The summed E-state index contributed by atoms with van der Waals surface area (Å²) in [5.74, 6) is 0. The minimum atomic E-state index is 0.126. The summed E-state index contributed by atoms with van der Waals surface area (Å²) in [6.07, 6.45) is 6.63. The molecule has 0 bridgehead atoms. The highest BCUT2D eigenvalue weighted by molar-refractivity contribution is 7.13. The van der Waals surface area contributed by atoms with Crippen LogP contribution in [0.15, 0.2) is 53.5 Å². The number of fused-ring (bicyclic) bond motifs is 2. The van der Waals surface area contributed by atoms with Gasteiger partial charge in [0.25, 0.3) is 0 Å². The van der Waals surface area contributed by atoms with E-state index in [1.54, 1.807) is 0 Å². The topological polar surface area (TPSA) is 24.4 Å². The molecule has 1 heterocycles. The Bertz CT molecular complexity index is 931. The van der Waals surface area contributed by atoms with Crippen molar-refractivity contribution in [2.45, 2.75) is 18.9 Å². The first kappa shape index (κ1) is 15.3. The van der Waals surface area contributed by atoms with Gasteiger partial charge in [0.15, 0.2) is 0 Å². The van der Waals surface area contributed by atoms with Crippen molar-refractivity contribution < 1.29 is 0 Å². The number of allylic oxidation sites excluding steroid dienone is 1. The van der Waals surface area contributed by atoms with Gasteiger partial charge in [0.2, 0.25) is 0 Å². The highest BCUT2D eigenvalue weighted by atomic mass is 32.1. The van der Waals surface area contributed by atoms with Gasteiger partial charge in [0, 0.05) is 4.88 Å². The van der Waals surface area contributed by atoms with Crippen LogP contribution in [0.1, 0.15) is 33.3 Å². The molecule has 2 aromatic carbocycles. The monoisotopic (exact) mass is 332 g/mol. The molecule has 0 amide bonds. The van der Waals surface area contributed by atoms with Crippen LogP contribution in [0.25, 0.3) is 16.8 Å². The molecule has 120 valence electrons. The van der Waals surface area contributed by atoms with Crippen molar-refractivity contribution in [2.24, 2.45) is 4.99 Å². The number of hydrogen-bond acceptors (Lipinski definition) is 3. The Morgan fingerprint density at radius 3 is 2.83 bits per heavy atom. The summed E-state index contributed by atoms with van der Waals surface area (Å²) in [7, 11) is 2.02. The molecular weight excluding hydrogens is 312 g/mol. The molecule has 0 aliphatic heterocycles. The molecule has 0 spiro atoms. The molecule has 1 aromatic heterocycles. The maximum absolute atomic E-state index is 4.40. The van der Waals surface area contributed by atoms with Crippen molar-refractivity contribution >= 4 is 40.6 Å². The molecule has 3 heteroatoms. The summed E-state index contributed by atoms with van der Waals surface area (Å²) in [6.45, 7) is 3.85. The summed E-state index contributed by atoms with van der Waals surface area (Å²) in [6, 6.07) is 15.2. The van der Waals surface area contributed by atoms with Crippen LogP contribution in [-0.2, 0) is 6.42 Å². The smallest absolute Gasteiger partial charge is 0.0819 e. The number of aliphatic imine (C=N–C) groups is 1. The van der Waals surface area contributed by atoms with Crippen LogP contribution in [0.4, 0.5) is 5.69 Å². The van der Waals surface area contributed by atoms with E-state index in [1.165, 1.54) is 31.7 Å². The summed E-state index contributed by atoms with van der Waals surface area (Å²) in [5, 5.41) is 6.07. The first-order valence-electron chi connectivity index (χ1n) is 8.27. The molecule has 24 heavy (non-hydrogen) atoms. The summed E-state index contributed by atoms with van der Waals surface area (Å²) >= 11 is 1.84. The third-order valence-corrected chi connectivity index (χ3v) is 5.96. The normalized spacial score (nSPS) is 14.5. The Morgan fingerprint density at radius 2 is 2.00 bits per heavy atom. The fourth-order valence-corrected chi connectivity index (χ4v) is 4.96. The standard InChI is InChI=1S/C21H20N2S/c1-22-19(16-12-7-9-14-8-3-4-10-15(14)16)21-20(23-2)17-11-5-6-13-18(17)24-21/h3-4,6-10,12-13,19,22H,2,5,11H2,1H3. The van der Waals surface area contributed by atoms with Crippen LogP contribution in [0.2, 0.25) is 0 Å². The lowest BCUT2D eigenvalue weighted by Gasteiger charge is -2.18. The van der Waals surface area contributed by atoms with E-state index in [4.69, 9.17) is 0 Å². The fraction of sp³-hybridized carbons (Fsp3) is 0.190. The van der Waals surface area contributed by atoms with Crippen molar-refractivity contribution in [1.82, 2.24) is 5.32 Å². The van der Waals surface area contributed by atoms with Crippen LogP contribution in [0.5, 0.6) is 0 Å². The van der Waals surface area contributed by atoms with Gasteiger partial charge < -0.3 is 5.32 Å². The van der Waals surface area contributed by atoms with Crippen molar-refractivity contribution in [3.05, 3.63) is 69.4 Å². The van der Waals surface area contributed by atoms with Crippen molar-refractivity contribution in [3.8, 4) is 0 Å². The van der Waals surface area contributed by atoms with E-state index in [0.717, 1.165) is 18.5 Å². The van der Waals surface area contributed by atoms with E-state index in [1.807, 2.05) is 18.4 Å². The van der Waals surface area contributed by atoms with E-state index in [-0.39, 0.29) is 6.04 Å². The molecule has 1 aliphatic carbocycles. The molecule has 3 aromatic rings. The quantitative estimate of drug-likeness (QED) is 0.627. The zero-order chi connectivity index (χ0) is 16.5. The molecule has 0 fully saturated rings. The van der Waals surface area contributed by atoms with Gasteiger partial charge in [-0.2, -0.15) is 0 Å². The molecular formula is C21H20N2S. The summed E-state index contributed by atoms with van der Waals surface area (Å²) in [5.41, 5.74) is 3.72. The minimum Gasteiger partial charge on any atom is -0.309 e. The minimum absolute atomic E-state index is 0.126. The number of rotatable bonds is 4. The SMILES string of the molecule is C=Nc1c(C(NC)c2cccc3ccccc23)sc2c1CCC=C2. The Kier molecular flexibility index (Phi) is 4.05. The number of nitrogens with zero attached hydrogens (tertiary/aromatic N) is 1. The van der Waals surface area contributed by atoms with Crippen LogP contribution >= 0.6 is 11.3 Å². The van der Waals surface area contributed by atoms with Crippen LogP contribution in [-0.4, -0.2) is 13.8 Å². The Labute approximate surface area is 146 Å². The van der Waals surface area contributed by atoms with Gasteiger partial charge in [-0.25, -0.2) is 0 Å². The number of nitrogens with one attached hydrogen (secondary N) is 1. The lowest BCUT2D eigenvalue weighted by atomic mass is 9.95. The molecule has 0 saturated heterocycles. The van der Waals surface area contributed by atoms with E-state index >= 15 is 0 Å². The molecule has 2 nitrogen and oxygen atoms in total. The van der Waals surface area contributed by atoms with Gasteiger partial charge in [-0.1, -0.05) is 48.5 Å². The Hall–Kier alpha value is -2.23. The van der Waals surface area contributed by atoms with Gasteiger partial charge in [-0.3, -0.25) is 4.99 Å². The van der Waals surface area contributed by atoms with Gasteiger partial charge in [0.05, 0.1) is 16.6 Å². The fourth-order valence-electron chi connectivity index (χ4n) is 3.59. The van der Waals surface area contributed by atoms with Crippen LogP contribution in [0.3, 0.4) is 0 Å². The predicted molar refractivity (Wildman–Crippen MR) is 106 cm³/mol. The molecule has 0 radical (unpaired) electrons. The highest BCUT2D eigenvalue weighted by Gasteiger charge is 2.25. The van der Waals surface area contributed by atoms with E-state index in [9.17, 15) is 0 Å². The van der Waals surface area contributed by atoms with E-state index < -0.39 is 0 Å². The summed E-state index contributed by atoms with van der Waals surface area (Å²) < 4.78 is 0. The average Bonchev–Trinajstić information content (AvgIpc) is 3.01. The second kappa shape index (κ2) is 6.34. The molecule has 1 atom stereocenters. The van der Waals surface area contributed by atoms with Crippen LogP contribution < -0.4 is 5.32 Å². The maximum atomic E-state index is 4.40. The Morgan fingerprint density at radius 1 is 1.17 bits per heavy atom. The molecule has 1 aliphatic rings. The first-order chi connectivity index (χ1) is 11.8. The summed E-state index contributed by atoms with van der Waals surface area (Å²) in [4.78, 5) is 7.00. The average molecular weight is 332 g/mol. The predicted octanol–water partition coefficient (Wildman–Crippen LogP) is 5.50. The molecule has 4 rings (SSSR count). The number of thiophene rings is 1. The second-order valence-corrected chi connectivity index (χ2v) is 7.13. The molecule has 1 unspecified atom stereocenters. The largest absolute Gasteiger partial charge is 0.309 e. The lowest BCUT2D eigenvalue weighted by molar-refractivity contribution is 0.709. The van der Waals surface area contributed by atoms with Gasteiger partial charge in [0.1, 0.15) is 0 Å². The lowest BCUT2D eigenvalue weighted by Crippen LogP contribution is -2.17. The highest BCUT2D eigenvalue weighted by Crippen LogP contribution is 2.44. The van der Waals surface area contributed by atoms with E-state index in [2.05, 4.69) is 71.6 Å². The third-order valence-electron chi connectivity index (χ3n) is 4.71. The number of benzene rings is 2. The van der Waals surface area contributed by atoms with Crippen molar-refractivity contribution in [1.29, 1.82) is 0 Å². The molecule has 0 saturated carbocycles. The maximum Gasteiger partial charge on any atom is 0.0819 e. The van der Waals surface area contributed by atoms with Gasteiger partial charge in [-0.15, -0.1) is 11.3 Å². The second-order valence-electron chi connectivity index (χ2n) is 6.05. The van der Waals surface area contributed by atoms with Gasteiger partial charge in [-0.05, 0) is 54.6 Å². The number of hydrogen-bond donors (Lipinski definition) is 1. The third kappa shape index (κ3) is 2.41. The van der Waals surface area contributed by atoms with Gasteiger partial charge >= 0.3 is 0 Å². The Balaban J connectivity index is 1.92.